The lowest BCUT2D eigenvalue weighted by atomic mass is 10.0. The van der Waals surface area contributed by atoms with Crippen LogP contribution in [0.3, 0.4) is 0 Å². The summed E-state index contributed by atoms with van der Waals surface area (Å²) in [4.78, 5) is -2.40. The van der Waals surface area contributed by atoms with Gasteiger partial charge in [0.05, 0.1) is 7.11 Å². The highest BCUT2D eigenvalue weighted by molar-refractivity contribution is 7.86. The van der Waals surface area contributed by atoms with E-state index in [2.05, 4.69) is 25.8 Å². The summed E-state index contributed by atoms with van der Waals surface area (Å²) in [6.45, 7) is 0. The van der Waals surface area contributed by atoms with Gasteiger partial charge in [-0.2, -0.15) is 25.3 Å². The largest absolute Gasteiger partial charge is 0.506 e. The van der Waals surface area contributed by atoms with E-state index in [1.165, 1.54) is 61.7 Å². The first-order valence-corrected chi connectivity index (χ1v) is 21.3. The van der Waals surface area contributed by atoms with Crippen molar-refractivity contribution in [1.82, 2.24) is 0 Å². The zero-order valence-corrected chi connectivity index (χ0v) is 33.0. The summed E-state index contributed by atoms with van der Waals surface area (Å²) >= 11 is 0. The maximum atomic E-state index is 12.4. The summed E-state index contributed by atoms with van der Waals surface area (Å²) in [5.41, 5.74) is 0.538. The quantitative estimate of drug-likeness (QED) is 0.0471. The molecule has 21 heteroatoms. The van der Waals surface area contributed by atoms with Gasteiger partial charge in [-0.25, -0.2) is 0 Å². The van der Waals surface area contributed by atoms with Crippen LogP contribution in [0.5, 0.6) is 23.0 Å². The molecular formula is C39H29N5O13S3. The van der Waals surface area contributed by atoms with Crippen LogP contribution in [0.2, 0.25) is 0 Å². The number of benzene rings is 7. The molecule has 60 heavy (non-hydrogen) atoms. The zero-order valence-electron chi connectivity index (χ0n) is 30.5. The Morgan fingerprint density at radius 3 is 1.72 bits per heavy atom. The zero-order chi connectivity index (χ0) is 43.1. The average molecular weight is 872 g/mol. The fraction of sp³-hybridized carbons (Fsp3) is 0.0256. The maximum Gasteiger partial charge on any atom is 0.296 e. The molecule has 0 saturated heterocycles. The molecule has 0 heterocycles. The molecule has 7 aromatic carbocycles. The van der Waals surface area contributed by atoms with Crippen molar-refractivity contribution in [3.8, 4) is 34.1 Å². The molecule has 0 aromatic heterocycles. The lowest BCUT2D eigenvalue weighted by Gasteiger charge is -2.12. The Labute approximate surface area is 340 Å². The molecule has 0 aliphatic heterocycles. The smallest absolute Gasteiger partial charge is 0.296 e. The van der Waals surface area contributed by atoms with E-state index in [1.807, 2.05) is 30.3 Å². The van der Waals surface area contributed by atoms with Crippen LogP contribution in [0.1, 0.15) is 0 Å². The standard InChI is InChI=1S/C39H29N5O13S3/c1-57-31-18-22(11-15-29(31)42-44-37-33(59(51,52)53)19-23-6-5-9-32(58(48,49)50)35(23)39(37)47)21-10-14-28(30(45)17-21)41-43-36-34(60(54,55)56)20-24-16-26(12-13-27(24)38(36)46)40-25-7-3-2-4-8-25/h2-20,40,45-47H,1H3,(H,48,49,50)(H,51,52,53)(H,54,55,56). The van der Waals surface area contributed by atoms with Gasteiger partial charge in [0.25, 0.3) is 30.4 Å². The summed E-state index contributed by atoms with van der Waals surface area (Å²) in [6.07, 6.45) is 0. The van der Waals surface area contributed by atoms with Crippen LogP contribution in [0, 0.1) is 0 Å². The highest BCUT2D eigenvalue weighted by Gasteiger charge is 2.27. The van der Waals surface area contributed by atoms with Crippen LogP contribution in [0.15, 0.2) is 150 Å². The second kappa shape index (κ2) is 15.6. The van der Waals surface area contributed by atoms with Gasteiger partial charge in [-0.3, -0.25) is 13.7 Å². The van der Waals surface area contributed by atoms with Gasteiger partial charge in [0.2, 0.25) is 0 Å². The number of phenols is 3. The third-order valence-electron chi connectivity index (χ3n) is 8.99. The van der Waals surface area contributed by atoms with Gasteiger partial charge in [0.1, 0.15) is 48.9 Å². The van der Waals surface area contributed by atoms with E-state index in [0.717, 1.165) is 23.9 Å². The molecule has 0 amide bonds. The van der Waals surface area contributed by atoms with E-state index in [4.69, 9.17) is 4.74 Å². The normalized spacial score (nSPS) is 12.5. The number of nitrogens with zero attached hydrogens (tertiary/aromatic N) is 4. The molecule has 18 nitrogen and oxygen atoms in total. The maximum absolute atomic E-state index is 12.4. The summed E-state index contributed by atoms with van der Waals surface area (Å²) in [5, 5.41) is 51.6. The molecule has 306 valence electrons. The van der Waals surface area contributed by atoms with E-state index >= 15 is 0 Å². The van der Waals surface area contributed by atoms with Gasteiger partial charge < -0.3 is 25.4 Å². The van der Waals surface area contributed by atoms with Crippen molar-refractivity contribution >= 4 is 86.0 Å². The number of rotatable bonds is 11. The SMILES string of the molecule is COc1cc(-c2ccc(N=Nc3c(S(=O)(=O)O)cc4cc(Nc5ccccc5)ccc4c3O)c(O)c2)ccc1N=Nc1c(S(=O)(=O)O)cc2cccc(S(=O)(=O)O)c2c1O. The minimum atomic E-state index is -5.06. The molecule has 0 atom stereocenters. The average Bonchev–Trinajstić information content (AvgIpc) is 3.19. The van der Waals surface area contributed by atoms with Gasteiger partial charge in [0, 0.05) is 22.1 Å². The Kier molecular flexibility index (Phi) is 10.7. The van der Waals surface area contributed by atoms with Crippen molar-refractivity contribution in [2.24, 2.45) is 20.5 Å². The van der Waals surface area contributed by atoms with Crippen molar-refractivity contribution in [1.29, 1.82) is 0 Å². The number of azo groups is 2. The molecular weight excluding hydrogens is 843 g/mol. The highest BCUT2D eigenvalue weighted by Crippen LogP contribution is 2.46. The number of para-hydroxylation sites is 1. The van der Waals surface area contributed by atoms with E-state index in [-0.39, 0.29) is 33.3 Å². The molecule has 7 N–H and O–H groups in total. The van der Waals surface area contributed by atoms with Crippen LogP contribution in [0.4, 0.5) is 34.1 Å². The van der Waals surface area contributed by atoms with E-state index in [9.17, 15) is 54.2 Å². The summed E-state index contributed by atoms with van der Waals surface area (Å²) in [7, 11) is -13.6. The van der Waals surface area contributed by atoms with Crippen LogP contribution in [-0.4, -0.2) is 61.3 Å². The van der Waals surface area contributed by atoms with Crippen LogP contribution in [0.25, 0.3) is 32.7 Å². The van der Waals surface area contributed by atoms with Crippen molar-refractivity contribution in [2.75, 3.05) is 12.4 Å². The fourth-order valence-corrected chi connectivity index (χ4v) is 8.26. The molecule has 7 aromatic rings. The Bertz CT molecular complexity index is 3290. The van der Waals surface area contributed by atoms with Gasteiger partial charge >= 0.3 is 0 Å². The number of aromatic hydroxyl groups is 3. The molecule has 0 radical (unpaired) electrons. The number of hydrogen-bond donors (Lipinski definition) is 7. The van der Waals surface area contributed by atoms with Gasteiger partial charge in [-0.05, 0) is 94.7 Å². The number of phenolic OH excluding ortho intramolecular Hbond substituents is 3. The first kappa shape index (κ1) is 41.2. The molecule has 0 unspecified atom stereocenters. The van der Waals surface area contributed by atoms with Crippen LogP contribution >= 0.6 is 0 Å². The summed E-state index contributed by atoms with van der Waals surface area (Å²) in [5.74, 6) is -2.00. The monoisotopic (exact) mass is 871 g/mol. The molecule has 0 bridgehead atoms. The predicted octanol–water partition coefficient (Wildman–Crippen LogP) is 9.10. The Balaban J connectivity index is 1.20. The molecule has 0 spiro atoms. The third-order valence-corrected chi connectivity index (χ3v) is 11.6. The van der Waals surface area contributed by atoms with Gasteiger partial charge in [0.15, 0.2) is 11.5 Å². The molecule has 0 saturated carbocycles. The molecule has 0 fully saturated rings. The van der Waals surface area contributed by atoms with Crippen molar-refractivity contribution in [3.63, 3.8) is 0 Å². The lowest BCUT2D eigenvalue weighted by molar-refractivity contribution is 0.416. The lowest BCUT2D eigenvalue weighted by Crippen LogP contribution is -2.02. The van der Waals surface area contributed by atoms with Gasteiger partial charge in [-0.15, -0.1) is 20.5 Å². The predicted molar refractivity (Wildman–Crippen MR) is 219 cm³/mol. The number of nitrogens with one attached hydrogen (secondary N) is 1. The van der Waals surface area contributed by atoms with Crippen molar-refractivity contribution < 1.29 is 59.0 Å². The van der Waals surface area contributed by atoms with Gasteiger partial charge in [-0.1, -0.05) is 42.5 Å². The first-order valence-electron chi connectivity index (χ1n) is 17.0. The summed E-state index contributed by atoms with van der Waals surface area (Å²) < 4.78 is 109. The molecule has 0 aliphatic carbocycles. The second-order valence-electron chi connectivity index (χ2n) is 12.8. The number of fused-ring (bicyclic) bond motifs is 2. The number of hydrogen-bond acceptors (Lipinski definition) is 15. The van der Waals surface area contributed by atoms with E-state index < -0.39 is 79.1 Å². The molecule has 0 aliphatic rings. The number of methoxy groups -OCH3 is 1. The first-order chi connectivity index (χ1) is 28.3. The Morgan fingerprint density at radius 1 is 0.517 bits per heavy atom. The van der Waals surface area contributed by atoms with Crippen molar-refractivity contribution in [3.05, 3.63) is 115 Å². The van der Waals surface area contributed by atoms with E-state index in [1.54, 1.807) is 12.1 Å². The number of ether oxygens (including phenoxy) is 1. The Hall–Kier alpha value is -7.01. The second-order valence-corrected chi connectivity index (χ2v) is 17.0. The van der Waals surface area contributed by atoms with Crippen LogP contribution in [-0.2, 0) is 30.4 Å². The minimum Gasteiger partial charge on any atom is -0.506 e. The topological polar surface area (TPSA) is 294 Å². The van der Waals surface area contributed by atoms with Crippen molar-refractivity contribution in [2.45, 2.75) is 14.7 Å². The number of anilines is 2. The van der Waals surface area contributed by atoms with E-state index in [0.29, 0.717) is 16.8 Å². The fourth-order valence-electron chi connectivity index (χ4n) is 6.22. The summed E-state index contributed by atoms with van der Waals surface area (Å²) in [6, 6.07) is 27.7. The third kappa shape index (κ3) is 8.29. The molecule has 7 rings (SSSR count). The van der Waals surface area contributed by atoms with Crippen LogP contribution < -0.4 is 10.1 Å². The highest BCUT2D eigenvalue weighted by atomic mass is 32.2. The Morgan fingerprint density at radius 2 is 1.10 bits per heavy atom. The minimum absolute atomic E-state index is 0.0340.